The summed E-state index contributed by atoms with van der Waals surface area (Å²) in [5.74, 6) is 2.34. The average molecular weight is 152 g/mol. The van der Waals surface area contributed by atoms with E-state index < -0.39 is 0 Å². The van der Waals surface area contributed by atoms with E-state index in [-0.39, 0.29) is 0 Å². The quantitative estimate of drug-likeness (QED) is 0.556. The summed E-state index contributed by atoms with van der Waals surface area (Å²) >= 11 is 0. The lowest BCUT2D eigenvalue weighted by molar-refractivity contribution is -0.135. The van der Waals surface area contributed by atoms with E-state index in [1.54, 1.807) is 0 Å². The first kappa shape index (κ1) is 6.04. The molecule has 60 valence electrons. The van der Waals surface area contributed by atoms with Crippen molar-refractivity contribution in [2.24, 2.45) is 23.2 Å². The topological polar surface area (TPSA) is 26.3 Å². The highest BCUT2D eigenvalue weighted by Gasteiger charge is 2.77. The molecule has 4 fully saturated rings. The van der Waals surface area contributed by atoms with Gasteiger partial charge in [-0.15, -0.1) is 0 Å². The summed E-state index contributed by atoms with van der Waals surface area (Å²) in [6, 6.07) is 0. The normalized spacial score (nSPS) is 63.0. The van der Waals surface area contributed by atoms with Gasteiger partial charge in [-0.25, -0.2) is 0 Å². The Morgan fingerprint density at radius 1 is 1.64 bits per heavy atom. The van der Waals surface area contributed by atoms with Gasteiger partial charge in [-0.05, 0) is 30.1 Å². The first-order chi connectivity index (χ1) is 5.27. The van der Waals surface area contributed by atoms with Crippen molar-refractivity contribution in [3.63, 3.8) is 0 Å². The van der Waals surface area contributed by atoms with Gasteiger partial charge in [-0.2, -0.15) is 0 Å². The fraction of sp³-hybridized carbons (Fsp3) is 0.889. The molecule has 4 rings (SSSR count). The zero-order chi connectivity index (χ0) is 7.64. The smallest absolute Gasteiger partial charge is 0.293 e. The van der Waals surface area contributed by atoms with Crippen molar-refractivity contribution in [3.8, 4) is 0 Å². The second kappa shape index (κ2) is 1.47. The van der Waals surface area contributed by atoms with Crippen LogP contribution in [-0.4, -0.2) is 12.6 Å². The summed E-state index contributed by atoms with van der Waals surface area (Å²) < 4.78 is 5.10. The Morgan fingerprint density at radius 2 is 2.45 bits per heavy atom. The predicted molar refractivity (Wildman–Crippen MR) is 38.7 cm³/mol. The largest absolute Gasteiger partial charge is 0.464 e. The number of rotatable bonds is 2. The van der Waals surface area contributed by atoms with Crippen molar-refractivity contribution in [1.29, 1.82) is 0 Å². The summed E-state index contributed by atoms with van der Waals surface area (Å²) in [4.78, 5) is 10.2. The molecule has 0 aromatic rings. The molecule has 0 spiro atoms. The van der Waals surface area contributed by atoms with Crippen LogP contribution in [0, 0.1) is 23.2 Å². The van der Waals surface area contributed by atoms with Gasteiger partial charge >= 0.3 is 0 Å². The van der Waals surface area contributed by atoms with Crippen molar-refractivity contribution >= 4 is 6.47 Å². The summed E-state index contributed by atoms with van der Waals surface area (Å²) in [6.07, 6.45) is 2.92. The molecule has 0 saturated heterocycles. The second-order valence-corrected chi connectivity index (χ2v) is 4.53. The van der Waals surface area contributed by atoms with Gasteiger partial charge < -0.3 is 4.74 Å². The molecule has 0 N–H and O–H groups in total. The van der Waals surface area contributed by atoms with Gasteiger partial charge in [0.05, 0.1) is 0 Å². The Balaban J connectivity index is 1.88. The molecule has 4 saturated carbocycles. The fourth-order valence-corrected chi connectivity index (χ4v) is 3.78. The van der Waals surface area contributed by atoms with Crippen LogP contribution in [0.25, 0.3) is 0 Å². The third kappa shape index (κ3) is 0.472. The highest BCUT2D eigenvalue weighted by molar-refractivity contribution is 5.40. The first-order valence-electron chi connectivity index (χ1n) is 4.36. The van der Waals surface area contributed by atoms with Gasteiger partial charge in [0.1, 0.15) is 6.10 Å². The van der Waals surface area contributed by atoms with Gasteiger partial charge in [0.25, 0.3) is 6.47 Å². The summed E-state index contributed by atoms with van der Waals surface area (Å²) in [5, 5.41) is 0. The molecule has 2 nitrogen and oxygen atoms in total. The van der Waals surface area contributed by atoms with E-state index in [2.05, 4.69) is 6.92 Å². The Hall–Kier alpha value is -0.530. The summed E-state index contributed by atoms with van der Waals surface area (Å²) in [5.41, 5.74) is 0.582. The predicted octanol–water partition coefficient (Wildman–Crippen LogP) is 1.20. The molecule has 0 heterocycles. The molecule has 11 heavy (non-hydrogen) atoms. The molecular formula is C9H12O2. The Bertz CT molecular complexity index is 226. The average Bonchev–Trinajstić information content (AvgIpc) is 2.37. The van der Waals surface area contributed by atoms with Crippen molar-refractivity contribution in [1.82, 2.24) is 0 Å². The van der Waals surface area contributed by atoms with E-state index in [1.807, 2.05) is 0 Å². The SMILES string of the molecule is C[C@@]12C[C@H]3C[C@@H]1[C@@H]2[C@@H]3OC=O. The number of hydrogen-bond acceptors (Lipinski definition) is 2. The van der Waals surface area contributed by atoms with Crippen LogP contribution >= 0.6 is 0 Å². The molecule has 0 unspecified atom stereocenters. The van der Waals surface area contributed by atoms with Crippen LogP contribution in [-0.2, 0) is 9.53 Å². The summed E-state index contributed by atoms with van der Waals surface area (Å²) in [6.45, 7) is 2.97. The maximum atomic E-state index is 10.2. The van der Waals surface area contributed by atoms with Crippen LogP contribution < -0.4 is 0 Å². The van der Waals surface area contributed by atoms with Crippen LogP contribution in [0.15, 0.2) is 0 Å². The van der Waals surface area contributed by atoms with Crippen LogP contribution in [0.3, 0.4) is 0 Å². The third-order valence-electron chi connectivity index (χ3n) is 4.22. The highest BCUT2D eigenvalue weighted by atomic mass is 16.5. The maximum absolute atomic E-state index is 10.2. The molecule has 0 aliphatic heterocycles. The number of hydrogen-bond donors (Lipinski definition) is 0. The van der Waals surface area contributed by atoms with Gasteiger partial charge in [0.2, 0.25) is 0 Å². The van der Waals surface area contributed by atoms with Gasteiger partial charge in [-0.1, -0.05) is 6.92 Å². The number of carbonyl (C=O) groups excluding carboxylic acids is 1. The van der Waals surface area contributed by atoms with Crippen molar-refractivity contribution in [3.05, 3.63) is 0 Å². The van der Waals surface area contributed by atoms with Crippen LogP contribution in [0.2, 0.25) is 0 Å². The third-order valence-corrected chi connectivity index (χ3v) is 4.22. The van der Waals surface area contributed by atoms with Crippen molar-refractivity contribution in [2.45, 2.75) is 25.9 Å². The van der Waals surface area contributed by atoms with Crippen LogP contribution in [0.5, 0.6) is 0 Å². The van der Waals surface area contributed by atoms with E-state index in [1.165, 1.54) is 12.8 Å². The van der Waals surface area contributed by atoms with E-state index in [9.17, 15) is 4.79 Å². The molecule has 2 heteroatoms. The van der Waals surface area contributed by atoms with E-state index in [4.69, 9.17) is 4.74 Å². The summed E-state index contributed by atoms with van der Waals surface area (Å²) in [7, 11) is 0. The second-order valence-electron chi connectivity index (χ2n) is 4.53. The Kier molecular flexibility index (Phi) is 0.809. The fourth-order valence-electron chi connectivity index (χ4n) is 3.78. The van der Waals surface area contributed by atoms with Gasteiger partial charge in [0, 0.05) is 5.92 Å². The standard InChI is InChI=1S/C9H12O2/c1-9-3-5-2-6(9)7(9)8(5)11-4-10/h4-8H,2-3H2,1H3/t5-,6-,7-,8-,9-/m1/s1. The molecule has 4 bridgehead atoms. The number of ether oxygens (including phenoxy) is 1. The molecule has 4 aliphatic carbocycles. The zero-order valence-electron chi connectivity index (χ0n) is 6.62. The molecule has 0 aromatic carbocycles. The van der Waals surface area contributed by atoms with Crippen LogP contribution in [0.1, 0.15) is 19.8 Å². The zero-order valence-corrected chi connectivity index (χ0v) is 6.62. The minimum atomic E-state index is 0.294. The number of carbonyl (C=O) groups is 1. The molecule has 0 amide bonds. The first-order valence-corrected chi connectivity index (χ1v) is 4.36. The van der Waals surface area contributed by atoms with Crippen molar-refractivity contribution < 1.29 is 9.53 Å². The lowest BCUT2D eigenvalue weighted by atomic mass is 10.1. The van der Waals surface area contributed by atoms with E-state index in [0.717, 1.165) is 11.8 Å². The van der Waals surface area contributed by atoms with Crippen molar-refractivity contribution in [2.75, 3.05) is 0 Å². The molecule has 4 aliphatic rings. The monoisotopic (exact) mass is 152 g/mol. The molecule has 5 atom stereocenters. The van der Waals surface area contributed by atoms with Gasteiger partial charge in [0.15, 0.2) is 0 Å². The highest BCUT2D eigenvalue weighted by Crippen LogP contribution is 2.79. The molecule has 0 radical (unpaired) electrons. The minimum Gasteiger partial charge on any atom is -0.464 e. The lowest BCUT2D eigenvalue weighted by Crippen LogP contribution is -2.15. The van der Waals surface area contributed by atoms with Gasteiger partial charge in [-0.3, -0.25) is 4.79 Å². The van der Waals surface area contributed by atoms with E-state index in [0.29, 0.717) is 23.9 Å². The Labute approximate surface area is 65.9 Å². The van der Waals surface area contributed by atoms with E-state index >= 15 is 0 Å². The Morgan fingerprint density at radius 3 is 2.82 bits per heavy atom. The van der Waals surface area contributed by atoms with Crippen LogP contribution in [0.4, 0.5) is 0 Å². The molecule has 0 aromatic heterocycles. The lowest BCUT2D eigenvalue weighted by Gasteiger charge is -2.10. The molecular weight excluding hydrogens is 140 g/mol. The minimum absolute atomic E-state index is 0.294. The maximum Gasteiger partial charge on any atom is 0.293 e.